The normalized spacial score (nSPS) is 12.5. The quantitative estimate of drug-likeness (QED) is 0.493. The average molecular weight is 473 g/mol. The molecule has 1 heterocycles. The Hall–Kier alpha value is -3.03. The van der Waals surface area contributed by atoms with Crippen LogP contribution in [0.25, 0.3) is 0 Å². The number of ether oxygens (including phenoxy) is 1. The molecule has 0 unspecified atom stereocenters. The highest BCUT2D eigenvalue weighted by atomic mass is 32.2. The Kier molecular flexibility index (Phi) is 6.45. The minimum absolute atomic E-state index is 0.586. The van der Waals surface area contributed by atoms with Crippen LogP contribution in [-0.2, 0) is 22.5 Å². The molecular weight excluding hydrogens is 460 g/mol. The fourth-order valence-corrected chi connectivity index (χ4v) is 3.31. The summed E-state index contributed by atoms with van der Waals surface area (Å²) in [5.74, 6) is -5.82. The highest BCUT2D eigenvalue weighted by Gasteiger charge is 2.48. The van der Waals surface area contributed by atoms with E-state index in [1.807, 2.05) is 0 Å². The molecule has 14 heteroatoms. The van der Waals surface area contributed by atoms with Crippen LogP contribution in [0.4, 0.5) is 26.3 Å². The summed E-state index contributed by atoms with van der Waals surface area (Å²) in [6, 6.07) is 4.52. The van der Waals surface area contributed by atoms with Gasteiger partial charge in [-0.25, -0.2) is 9.78 Å². The maximum absolute atomic E-state index is 13.4. The molecule has 0 aliphatic heterocycles. The molecule has 0 spiro atoms. The molecule has 0 aliphatic rings. The minimum Gasteiger partial charge on any atom is -0.488 e. The fraction of sp³-hybridized carbons (Fsp3) is 0.294. The van der Waals surface area contributed by atoms with E-state index in [-0.39, 0.29) is 0 Å². The molecule has 1 aromatic carbocycles. The number of nitrogens with zero attached hydrogens (tertiary/aromatic N) is 1. The molecule has 1 N–H and O–H groups in total. The maximum atomic E-state index is 13.4. The Balaban J connectivity index is 2.93. The summed E-state index contributed by atoms with van der Waals surface area (Å²) in [6.07, 6.45) is -11.3. The van der Waals surface area contributed by atoms with Gasteiger partial charge in [0.2, 0.25) is 5.75 Å². The molecule has 31 heavy (non-hydrogen) atoms. The van der Waals surface area contributed by atoms with Crippen molar-refractivity contribution in [1.82, 2.24) is 4.98 Å². The first-order valence-electron chi connectivity index (χ1n) is 8.19. The van der Waals surface area contributed by atoms with Gasteiger partial charge in [-0.15, -0.1) is 0 Å². The average Bonchev–Trinajstić information content (AvgIpc) is 2.60. The van der Waals surface area contributed by atoms with Crippen LogP contribution in [-0.4, -0.2) is 31.1 Å². The predicted octanol–water partition coefficient (Wildman–Crippen LogP) is 4.29. The number of pyridine rings is 1. The Labute approximate surface area is 171 Å². The first kappa shape index (κ1) is 24.2. The zero-order valence-electron chi connectivity index (χ0n) is 15.6. The topological polar surface area (TPSA) is 103 Å². The highest BCUT2D eigenvalue weighted by Crippen LogP contribution is 2.47. The van der Waals surface area contributed by atoms with Crippen molar-refractivity contribution in [2.24, 2.45) is 0 Å². The second-order valence-electron chi connectivity index (χ2n) is 5.93. The van der Waals surface area contributed by atoms with Crippen molar-refractivity contribution in [3.05, 3.63) is 46.8 Å². The highest BCUT2D eigenvalue weighted by molar-refractivity contribution is 7.87. The van der Waals surface area contributed by atoms with E-state index in [0.29, 0.717) is 5.56 Å². The van der Waals surface area contributed by atoms with Crippen LogP contribution in [0.1, 0.15) is 34.2 Å². The number of carboxylic acids is 1. The number of aryl methyl sites for hydroxylation is 1. The number of aromatic nitrogens is 1. The molecular formula is C17H13F6NO6S. The number of alkyl halides is 6. The van der Waals surface area contributed by atoms with Crippen LogP contribution in [0.5, 0.6) is 11.5 Å². The number of hydrogen-bond acceptors (Lipinski definition) is 6. The van der Waals surface area contributed by atoms with E-state index in [9.17, 15) is 44.7 Å². The van der Waals surface area contributed by atoms with E-state index < -0.39 is 68.4 Å². The number of benzene rings is 1. The molecule has 0 fully saturated rings. The lowest BCUT2D eigenvalue weighted by Gasteiger charge is -2.21. The van der Waals surface area contributed by atoms with Gasteiger partial charge in [-0.3, -0.25) is 0 Å². The summed E-state index contributed by atoms with van der Waals surface area (Å²) in [6.45, 7) is 2.12. The van der Waals surface area contributed by atoms with E-state index in [4.69, 9.17) is 0 Å². The first-order chi connectivity index (χ1) is 14.1. The monoisotopic (exact) mass is 473 g/mol. The van der Waals surface area contributed by atoms with Crippen molar-refractivity contribution in [3.63, 3.8) is 0 Å². The zero-order chi connectivity index (χ0) is 23.8. The van der Waals surface area contributed by atoms with Crippen LogP contribution in [0, 0.1) is 6.92 Å². The third-order valence-corrected chi connectivity index (χ3v) is 4.89. The number of hydrogen-bond donors (Lipinski definition) is 1. The summed E-state index contributed by atoms with van der Waals surface area (Å²) >= 11 is 0. The minimum atomic E-state index is -5.69. The molecule has 0 radical (unpaired) electrons. The van der Waals surface area contributed by atoms with E-state index >= 15 is 0 Å². The fourth-order valence-electron chi connectivity index (χ4n) is 2.36. The standard InChI is InChI=1S/C17H13F6NO6S/c1-3-29-12-11(30-31(27,28)9-6-4-8(2)5-7-9)10(15(25)26)13(16(18,19)20)24-14(12)17(21,22)23/h4-7H,3H2,1-2H3,(H,25,26). The molecule has 2 aromatic rings. The summed E-state index contributed by atoms with van der Waals surface area (Å²) in [4.78, 5) is 13.3. The lowest BCUT2D eigenvalue weighted by molar-refractivity contribution is -0.151. The number of halogens is 6. The van der Waals surface area contributed by atoms with Crippen LogP contribution >= 0.6 is 0 Å². The second kappa shape index (κ2) is 8.24. The summed E-state index contributed by atoms with van der Waals surface area (Å²) < 4.78 is 114. The Morgan fingerprint density at radius 3 is 1.94 bits per heavy atom. The molecule has 2 rings (SSSR count). The van der Waals surface area contributed by atoms with Gasteiger partial charge < -0.3 is 14.0 Å². The Morgan fingerprint density at radius 1 is 1.00 bits per heavy atom. The molecule has 0 saturated heterocycles. The van der Waals surface area contributed by atoms with Crippen LogP contribution in [0.3, 0.4) is 0 Å². The SMILES string of the molecule is CCOc1c(C(F)(F)F)nc(C(F)(F)F)c(C(=O)O)c1OS(=O)(=O)c1ccc(C)cc1. The van der Waals surface area contributed by atoms with Gasteiger partial charge in [0.05, 0.1) is 6.61 Å². The van der Waals surface area contributed by atoms with E-state index in [1.54, 1.807) is 6.92 Å². The van der Waals surface area contributed by atoms with Gasteiger partial charge >= 0.3 is 28.4 Å². The van der Waals surface area contributed by atoms with Crippen molar-refractivity contribution < 1.29 is 53.6 Å². The van der Waals surface area contributed by atoms with Crippen molar-refractivity contribution in [2.45, 2.75) is 31.1 Å². The van der Waals surface area contributed by atoms with E-state index in [2.05, 4.69) is 13.9 Å². The number of carboxylic acid groups (broad SMARTS) is 1. The lowest BCUT2D eigenvalue weighted by atomic mass is 10.1. The van der Waals surface area contributed by atoms with Gasteiger partial charge in [0.15, 0.2) is 17.1 Å². The molecule has 1 aromatic heterocycles. The largest absolute Gasteiger partial charge is 0.488 e. The molecule has 170 valence electrons. The number of carbonyl (C=O) groups is 1. The molecule has 0 atom stereocenters. The van der Waals surface area contributed by atoms with Gasteiger partial charge in [0, 0.05) is 0 Å². The number of aromatic carboxylic acids is 1. The summed E-state index contributed by atoms with van der Waals surface area (Å²) in [5.41, 5.74) is -6.15. The van der Waals surface area contributed by atoms with Gasteiger partial charge in [0.25, 0.3) is 0 Å². The maximum Gasteiger partial charge on any atom is 0.437 e. The Bertz CT molecular complexity index is 1090. The van der Waals surface area contributed by atoms with Crippen LogP contribution in [0.15, 0.2) is 29.2 Å². The molecule has 0 aliphatic carbocycles. The predicted molar refractivity (Wildman–Crippen MR) is 91.4 cm³/mol. The second-order valence-corrected chi connectivity index (χ2v) is 7.47. The smallest absolute Gasteiger partial charge is 0.437 e. The van der Waals surface area contributed by atoms with Crippen molar-refractivity contribution in [2.75, 3.05) is 6.61 Å². The Morgan fingerprint density at radius 2 is 1.52 bits per heavy atom. The van der Waals surface area contributed by atoms with E-state index in [0.717, 1.165) is 19.1 Å². The van der Waals surface area contributed by atoms with Crippen LogP contribution in [0.2, 0.25) is 0 Å². The van der Waals surface area contributed by atoms with Gasteiger partial charge in [-0.2, -0.15) is 34.8 Å². The zero-order valence-corrected chi connectivity index (χ0v) is 16.4. The number of rotatable bonds is 6. The third kappa shape index (κ3) is 5.18. The summed E-state index contributed by atoms with van der Waals surface area (Å²) in [5, 5.41) is 9.25. The van der Waals surface area contributed by atoms with Crippen molar-refractivity contribution in [3.8, 4) is 11.5 Å². The molecule has 0 amide bonds. The first-order valence-corrected chi connectivity index (χ1v) is 9.60. The van der Waals surface area contributed by atoms with Crippen molar-refractivity contribution in [1.29, 1.82) is 0 Å². The van der Waals surface area contributed by atoms with Crippen LogP contribution < -0.4 is 8.92 Å². The third-order valence-electron chi connectivity index (χ3n) is 3.65. The summed E-state index contributed by atoms with van der Waals surface area (Å²) in [7, 11) is -5.06. The van der Waals surface area contributed by atoms with Gasteiger partial charge in [0.1, 0.15) is 10.5 Å². The molecule has 0 saturated carbocycles. The van der Waals surface area contributed by atoms with Gasteiger partial charge in [-0.05, 0) is 26.0 Å². The lowest BCUT2D eigenvalue weighted by Crippen LogP contribution is -2.24. The molecule has 7 nitrogen and oxygen atoms in total. The van der Waals surface area contributed by atoms with E-state index in [1.165, 1.54) is 12.1 Å². The van der Waals surface area contributed by atoms with Crippen molar-refractivity contribution >= 4 is 16.1 Å². The van der Waals surface area contributed by atoms with Gasteiger partial charge in [-0.1, -0.05) is 17.7 Å². The molecule has 0 bridgehead atoms.